The van der Waals surface area contributed by atoms with Gasteiger partial charge in [-0.25, -0.2) is 0 Å². The van der Waals surface area contributed by atoms with Crippen LogP contribution in [0.25, 0.3) is 0 Å². The van der Waals surface area contributed by atoms with Crippen LogP contribution in [0.1, 0.15) is 24.0 Å². The smallest absolute Gasteiger partial charge is 0.101 e. The Morgan fingerprint density at radius 3 is 2.92 bits per heavy atom. The molecule has 1 aromatic heterocycles. The Morgan fingerprint density at radius 2 is 2.33 bits per heavy atom. The number of alkyl halides is 1. The summed E-state index contributed by atoms with van der Waals surface area (Å²) < 4.78 is 0.0843. The molecule has 0 aliphatic heterocycles. The van der Waals surface area contributed by atoms with Gasteiger partial charge in [-0.05, 0) is 24.5 Å². The summed E-state index contributed by atoms with van der Waals surface area (Å²) in [5.74, 6) is 0. The van der Waals surface area contributed by atoms with Gasteiger partial charge >= 0.3 is 0 Å². The van der Waals surface area contributed by atoms with Gasteiger partial charge in [-0.15, -0.1) is 0 Å². The highest BCUT2D eigenvalue weighted by atomic mass is 79.9. The van der Waals surface area contributed by atoms with Crippen molar-refractivity contribution in [3.63, 3.8) is 0 Å². The maximum atomic E-state index is 8.80. The van der Waals surface area contributed by atoms with Crippen molar-refractivity contribution in [2.45, 2.75) is 17.2 Å². The van der Waals surface area contributed by atoms with E-state index in [0.29, 0.717) is 5.56 Å². The van der Waals surface area contributed by atoms with E-state index in [1.807, 2.05) is 6.07 Å². The van der Waals surface area contributed by atoms with Gasteiger partial charge in [0.25, 0.3) is 0 Å². The fourth-order valence-electron chi connectivity index (χ4n) is 1.25. The van der Waals surface area contributed by atoms with Crippen LogP contribution >= 0.6 is 15.9 Å². The first kappa shape index (κ1) is 7.75. The molecule has 2 rings (SSSR count). The lowest BCUT2D eigenvalue weighted by molar-refractivity contribution is 1.03. The Labute approximate surface area is 79.4 Å². The number of hydrogen-bond donors (Lipinski definition) is 0. The molecule has 1 aromatic rings. The van der Waals surface area contributed by atoms with Crippen LogP contribution in [0.2, 0.25) is 0 Å². The van der Waals surface area contributed by atoms with Crippen LogP contribution in [-0.2, 0) is 4.32 Å². The van der Waals surface area contributed by atoms with E-state index in [-0.39, 0.29) is 4.32 Å². The molecule has 1 saturated carbocycles. The van der Waals surface area contributed by atoms with Crippen molar-refractivity contribution in [3.8, 4) is 6.07 Å². The number of nitriles is 1. The summed E-state index contributed by atoms with van der Waals surface area (Å²) in [7, 11) is 0. The number of halogens is 1. The molecule has 1 aliphatic carbocycles. The lowest BCUT2D eigenvalue weighted by Gasteiger charge is -2.07. The predicted octanol–water partition coefficient (Wildman–Crippen LogP) is 2.34. The molecule has 0 spiro atoms. The van der Waals surface area contributed by atoms with Crippen LogP contribution in [0.5, 0.6) is 0 Å². The summed E-state index contributed by atoms with van der Waals surface area (Å²) in [4.78, 5) is 3.91. The monoisotopic (exact) mass is 222 g/mol. The average Bonchev–Trinajstić information content (AvgIpc) is 2.85. The molecule has 0 amide bonds. The van der Waals surface area contributed by atoms with Crippen molar-refractivity contribution in [1.82, 2.24) is 4.98 Å². The Morgan fingerprint density at radius 1 is 1.58 bits per heavy atom. The molecule has 0 aromatic carbocycles. The number of hydrogen-bond acceptors (Lipinski definition) is 2. The number of nitrogens with zero attached hydrogens (tertiary/aromatic N) is 2. The highest BCUT2D eigenvalue weighted by Crippen LogP contribution is 2.54. The minimum absolute atomic E-state index is 0.0843. The minimum Gasteiger partial charge on any atom is -0.263 e. The molecule has 1 fully saturated rings. The highest BCUT2D eigenvalue weighted by Gasteiger charge is 2.43. The maximum absolute atomic E-state index is 8.80. The summed E-state index contributed by atoms with van der Waals surface area (Å²) >= 11 is 3.61. The van der Waals surface area contributed by atoms with Crippen molar-refractivity contribution in [2.75, 3.05) is 0 Å². The van der Waals surface area contributed by atoms with Crippen LogP contribution in [0.4, 0.5) is 0 Å². The molecule has 0 saturated heterocycles. The lowest BCUT2D eigenvalue weighted by Crippen LogP contribution is -1.99. The largest absolute Gasteiger partial charge is 0.263 e. The second-order valence-corrected chi connectivity index (χ2v) is 4.52. The molecule has 60 valence electrons. The molecule has 2 nitrogen and oxygen atoms in total. The fourth-order valence-corrected chi connectivity index (χ4v) is 1.80. The van der Waals surface area contributed by atoms with Crippen LogP contribution in [0.3, 0.4) is 0 Å². The van der Waals surface area contributed by atoms with E-state index < -0.39 is 0 Å². The van der Waals surface area contributed by atoms with E-state index in [0.717, 1.165) is 18.4 Å². The third-order valence-electron chi connectivity index (χ3n) is 2.11. The van der Waals surface area contributed by atoms with Gasteiger partial charge in [0.2, 0.25) is 0 Å². The second-order valence-electron chi connectivity index (χ2n) is 3.00. The van der Waals surface area contributed by atoms with Crippen molar-refractivity contribution < 1.29 is 0 Å². The minimum atomic E-state index is 0.0843. The molecule has 0 atom stereocenters. The summed E-state index contributed by atoms with van der Waals surface area (Å²) in [5.41, 5.74) is 1.77. The molecule has 0 bridgehead atoms. The van der Waals surface area contributed by atoms with Gasteiger partial charge < -0.3 is 0 Å². The third kappa shape index (κ3) is 1.12. The molecule has 3 heteroatoms. The van der Waals surface area contributed by atoms with Gasteiger partial charge in [-0.2, -0.15) is 5.26 Å². The Balaban J connectivity index is 2.50. The first-order chi connectivity index (χ1) is 5.76. The average molecular weight is 223 g/mol. The van der Waals surface area contributed by atoms with E-state index in [1.165, 1.54) is 0 Å². The van der Waals surface area contributed by atoms with Crippen molar-refractivity contribution >= 4 is 15.9 Å². The van der Waals surface area contributed by atoms with Gasteiger partial charge in [0.15, 0.2) is 0 Å². The van der Waals surface area contributed by atoms with Crippen LogP contribution in [0, 0.1) is 11.3 Å². The van der Waals surface area contributed by atoms with E-state index in [9.17, 15) is 0 Å². The zero-order valence-electron chi connectivity index (χ0n) is 6.42. The fraction of sp³-hybridized carbons (Fsp3) is 0.333. The second kappa shape index (κ2) is 2.56. The zero-order chi connectivity index (χ0) is 8.60. The molecule has 0 N–H and O–H groups in total. The highest BCUT2D eigenvalue weighted by molar-refractivity contribution is 9.09. The maximum Gasteiger partial charge on any atom is 0.101 e. The normalized spacial score (nSPS) is 18.3. The Kier molecular flexibility index (Phi) is 1.66. The van der Waals surface area contributed by atoms with Gasteiger partial charge in [0.1, 0.15) is 6.07 Å². The number of rotatable bonds is 1. The first-order valence-corrected chi connectivity index (χ1v) is 4.59. The summed E-state index contributed by atoms with van der Waals surface area (Å²) in [6.45, 7) is 0. The lowest BCUT2D eigenvalue weighted by atomic mass is 10.1. The number of pyridine rings is 1. The molecule has 1 heterocycles. The summed E-state index contributed by atoms with van der Waals surface area (Å²) in [5, 5.41) is 8.80. The van der Waals surface area contributed by atoms with Crippen LogP contribution in [-0.4, -0.2) is 4.98 Å². The molecule has 1 aliphatic rings. The van der Waals surface area contributed by atoms with Crippen molar-refractivity contribution in [3.05, 3.63) is 29.6 Å². The van der Waals surface area contributed by atoms with Gasteiger partial charge in [0, 0.05) is 12.4 Å². The van der Waals surface area contributed by atoms with E-state index in [1.54, 1.807) is 12.4 Å². The number of aromatic nitrogens is 1. The predicted molar refractivity (Wildman–Crippen MR) is 48.8 cm³/mol. The van der Waals surface area contributed by atoms with E-state index in [2.05, 4.69) is 27.0 Å². The zero-order valence-corrected chi connectivity index (χ0v) is 8.00. The Hall–Kier alpha value is -0.880. The SMILES string of the molecule is N#Cc1cnccc1C1(Br)CC1. The van der Waals surface area contributed by atoms with Gasteiger partial charge in [0.05, 0.1) is 9.89 Å². The third-order valence-corrected chi connectivity index (χ3v) is 3.33. The molecule has 0 radical (unpaired) electrons. The van der Waals surface area contributed by atoms with E-state index in [4.69, 9.17) is 5.26 Å². The van der Waals surface area contributed by atoms with Gasteiger partial charge in [-0.3, -0.25) is 4.98 Å². The quantitative estimate of drug-likeness (QED) is 0.685. The van der Waals surface area contributed by atoms with Crippen LogP contribution in [0.15, 0.2) is 18.5 Å². The topological polar surface area (TPSA) is 36.7 Å². The summed E-state index contributed by atoms with van der Waals surface area (Å²) in [6.07, 6.45) is 5.59. The molecular weight excluding hydrogens is 216 g/mol. The van der Waals surface area contributed by atoms with Crippen molar-refractivity contribution in [1.29, 1.82) is 5.26 Å². The van der Waals surface area contributed by atoms with Crippen LogP contribution < -0.4 is 0 Å². The van der Waals surface area contributed by atoms with Gasteiger partial charge in [-0.1, -0.05) is 15.9 Å². The molecule has 0 unspecified atom stereocenters. The molecule has 12 heavy (non-hydrogen) atoms. The van der Waals surface area contributed by atoms with Crippen molar-refractivity contribution in [2.24, 2.45) is 0 Å². The summed E-state index contributed by atoms with van der Waals surface area (Å²) in [6, 6.07) is 4.07. The first-order valence-electron chi connectivity index (χ1n) is 3.80. The van der Waals surface area contributed by atoms with E-state index >= 15 is 0 Å². The molecular formula is C9H7BrN2. The standard InChI is InChI=1S/C9H7BrN2/c10-9(2-3-9)8-1-4-12-6-7(8)5-11/h1,4,6H,2-3H2. The Bertz CT molecular complexity index is 350.